The molecular formula is C14H17F3N4O. The summed E-state index contributed by atoms with van der Waals surface area (Å²) in [7, 11) is 0. The van der Waals surface area contributed by atoms with Crippen molar-refractivity contribution in [3.63, 3.8) is 0 Å². The van der Waals surface area contributed by atoms with Crippen LogP contribution in [0.3, 0.4) is 0 Å². The Morgan fingerprint density at radius 3 is 2.23 bits per heavy atom. The second-order valence-corrected chi connectivity index (χ2v) is 6.07. The molecule has 1 aromatic carbocycles. The predicted octanol–water partition coefficient (Wildman–Crippen LogP) is 2.72. The van der Waals surface area contributed by atoms with Crippen molar-refractivity contribution in [3.05, 3.63) is 41.2 Å². The zero-order valence-corrected chi connectivity index (χ0v) is 12.5. The van der Waals surface area contributed by atoms with Gasteiger partial charge in [-0.1, -0.05) is 32.9 Å². The molecule has 0 aliphatic carbocycles. The molecular weight excluding hydrogens is 297 g/mol. The molecule has 1 N–H and O–H groups in total. The van der Waals surface area contributed by atoms with Crippen LogP contribution in [0.2, 0.25) is 0 Å². The van der Waals surface area contributed by atoms with Crippen LogP contribution in [-0.4, -0.2) is 25.3 Å². The number of nitrogens with zero attached hydrogens (tertiary/aromatic N) is 4. The normalized spacial score (nSPS) is 14.1. The Balaban J connectivity index is 2.16. The van der Waals surface area contributed by atoms with E-state index in [9.17, 15) is 18.3 Å². The van der Waals surface area contributed by atoms with Crippen molar-refractivity contribution in [3.8, 4) is 0 Å². The van der Waals surface area contributed by atoms with Gasteiger partial charge in [0.05, 0.1) is 18.2 Å². The summed E-state index contributed by atoms with van der Waals surface area (Å²) in [6.45, 7) is 5.87. The van der Waals surface area contributed by atoms with Crippen molar-refractivity contribution < 1.29 is 18.3 Å². The fraction of sp³-hybridized carbons (Fsp3) is 0.500. The Labute approximate surface area is 125 Å². The van der Waals surface area contributed by atoms with Gasteiger partial charge < -0.3 is 5.11 Å². The maximum atomic E-state index is 12.5. The van der Waals surface area contributed by atoms with Crippen LogP contribution in [0.5, 0.6) is 0 Å². The summed E-state index contributed by atoms with van der Waals surface area (Å²) < 4.78 is 39.0. The Hall–Kier alpha value is -1.96. The van der Waals surface area contributed by atoms with Crippen LogP contribution in [-0.2, 0) is 18.1 Å². The van der Waals surface area contributed by atoms with Crippen molar-refractivity contribution in [2.45, 2.75) is 45.0 Å². The monoisotopic (exact) mass is 314 g/mol. The number of tetrazole rings is 1. The highest BCUT2D eigenvalue weighted by molar-refractivity contribution is 5.26. The van der Waals surface area contributed by atoms with Crippen LogP contribution in [0, 0.1) is 0 Å². The first kappa shape index (κ1) is 16.4. The van der Waals surface area contributed by atoms with E-state index in [1.807, 2.05) is 20.8 Å². The third kappa shape index (κ3) is 3.62. The minimum absolute atomic E-state index is 0.0744. The first-order valence-electron chi connectivity index (χ1n) is 6.71. The summed E-state index contributed by atoms with van der Waals surface area (Å²) >= 11 is 0. The summed E-state index contributed by atoms with van der Waals surface area (Å²) in [5.74, 6) is 0.596. The number of hydrogen-bond donors (Lipinski definition) is 1. The molecule has 2 rings (SSSR count). The number of halogens is 3. The molecule has 0 radical (unpaired) electrons. The van der Waals surface area contributed by atoms with E-state index in [4.69, 9.17) is 0 Å². The van der Waals surface area contributed by atoms with Gasteiger partial charge >= 0.3 is 6.18 Å². The Kier molecular flexibility index (Phi) is 4.23. The molecule has 1 heterocycles. The highest BCUT2D eigenvalue weighted by Crippen LogP contribution is 2.30. The molecule has 0 amide bonds. The van der Waals surface area contributed by atoms with E-state index in [1.165, 1.54) is 16.8 Å². The lowest BCUT2D eigenvalue weighted by Gasteiger charge is -2.19. The van der Waals surface area contributed by atoms with E-state index in [0.717, 1.165) is 12.1 Å². The largest absolute Gasteiger partial charge is 0.416 e. The quantitative estimate of drug-likeness (QED) is 0.946. The standard InChI is InChI=1S/C14H17F3N4O/c1-13(2,3)12-18-19-20-21(12)8-11(22)9-4-6-10(7-5-9)14(15,16)17/h4-7,11,22H,8H2,1-3H3. The fourth-order valence-corrected chi connectivity index (χ4v) is 2.03. The summed E-state index contributed by atoms with van der Waals surface area (Å²) in [5, 5.41) is 21.5. The molecule has 120 valence electrons. The second kappa shape index (κ2) is 5.68. The smallest absolute Gasteiger partial charge is 0.386 e. The average molecular weight is 314 g/mol. The lowest BCUT2D eigenvalue weighted by Crippen LogP contribution is -2.22. The molecule has 0 spiro atoms. The van der Waals surface area contributed by atoms with Crippen LogP contribution >= 0.6 is 0 Å². The minimum Gasteiger partial charge on any atom is -0.386 e. The molecule has 0 aliphatic heterocycles. The van der Waals surface area contributed by atoms with Crippen molar-refractivity contribution in [1.82, 2.24) is 20.2 Å². The van der Waals surface area contributed by atoms with Crippen molar-refractivity contribution in [2.75, 3.05) is 0 Å². The predicted molar refractivity (Wildman–Crippen MR) is 72.9 cm³/mol. The summed E-state index contributed by atoms with van der Waals surface area (Å²) in [6, 6.07) is 4.41. The number of alkyl halides is 3. The lowest BCUT2D eigenvalue weighted by molar-refractivity contribution is -0.137. The Morgan fingerprint density at radius 2 is 1.73 bits per heavy atom. The molecule has 5 nitrogen and oxygen atoms in total. The molecule has 1 aromatic heterocycles. The topological polar surface area (TPSA) is 63.8 Å². The van der Waals surface area contributed by atoms with Gasteiger partial charge in [-0.25, -0.2) is 4.68 Å². The summed E-state index contributed by atoms with van der Waals surface area (Å²) in [5.41, 5.74) is -0.673. The zero-order valence-electron chi connectivity index (χ0n) is 12.5. The number of aliphatic hydroxyl groups is 1. The average Bonchev–Trinajstić information content (AvgIpc) is 2.86. The van der Waals surface area contributed by atoms with Gasteiger partial charge in [-0.3, -0.25) is 0 Å². The third-order valence-electron chi connectivity index (χ3n) is 3.17. The lowest BCUT2D eigenvalue weighted by atomic mass is 9.95. The molecule has 2 aromatic rings. The van der Waals surface area contributed by atoms with Crippen molar-refractivity contribution >= 4 is 0 Å². The molecule has 0 saturated heterocycles. The third-order valence-corrected chi connectivity index (χ3v) is 3.17. The fourth-order valence-electron chi connectivity index (χ4n) is 2.03. The number of rotatable bonds is 3. The summed E-state index contributed by atoms with van der Waals surface area (Å²) in [6.07, 6.45) is -5.38. The van der Waals surface area contributed by atoms with Crippen molar-refractivity contribution in [1.29, 1.82) is 0 Å². The number of aliphatic hydroxyl groups excluding tert-OH is 1. The van der Waals surface area contributed by atoms with E-state index in [2.05, 4.69) is 15.5 Å². The first-order chi connectivity index (χ1) is 10.1. The zero-order chi connectivity index (χ0) is 16.5. The van der Waals surface area contributed by atoms with Crippen LogP contribution < -0.4 is 0 Å². The molecule has 1 atom stereocenters. The molecule has 0 bridgehead atoms. The van der Waals surface area contributed by atoms with Gasteiger partial charge in [-0.05, 0) is 28.1 Å². The minimum atomic E-state index is -4.39. The SMILES string of the molecule is CC(C)(C)c1nnnn1CC(O)c1ccc(C(F)(F)F)cc1. The Morgan fingerprint density at radius 1 is 1.14 bits per heavy atom. The number of benzene rings is 1. The van der Waals surface area contributed by atoms with Gasteiger partial charge in [0.15, 0.2) is 5.82 Å². The van der Waals surface area contributed by atoms with Gasteiger partial charge in [0.25, 0.3) is 0 Å². The van der Waals surface area contributed by atoms with E-state index >= 15 is 0 Å². The molecule has 1 unspecified atom stereocenters. The van der Waals surface area contributed by atoms with E-state index < -0.39 is 17.8 Å². The van der Waals surface area contributed by atoms with Crippen LogP contribution in [0.1, 0.15) is 43.8 Å². The maximum Gasteiger partial charge on any atom is 0.416 e. The van der Waals surface area contributed by atoms with E-state index in [0.29, 0.717) is 11.4 Å². The molecule has 8 heteroatoms. The molecule has 0 saturated carbocycles. The Bertz CT molecular complexity index is 629. The second-order valence-electron chi connectivity index (χ2n) is 6.07. The van der Waals surface area contributed by atoms with Gasteiger partial charge in [0.1, 0.15) is 0 Å². The van der Waals surface area contributed by atoms with Crippen molar-refractivity contribution in [2.24, 2.45) is 0 Å². The molecule has 22 heavy (non-hydrogen) atoms. The maximum absolute atomic E-state index is 12.5. The number of hydrogen-bond acceptors (Lipinski definition) is 4. The van der Waals surface area contributed by atoms with Gasteiger partial charge in [-0.15, -0.1) is 5.10 Å². The van der Waals surface area contributed by atoms with Crippen LogP contribution in [0.4, 0.5) is 13.2 Å². The number of aromatic nitrogens is 4. The van der Waals surface area contributed by atoms with Crippen LogP contribution in [0.25, 0.3) is 0 Å². The van der Waals surface area contributed by atoms with E-state index in [-0.39, 0.29) is 12.0 Å². The highest BCUT2D eigenvalue weighted by Gasteiger charge is 2.30. The molecule has 0 aliphatic rings. The van der Waals surface area contributed by atoms with Crippen LogP contribution in [0.15, 0.2) is 24.3 Å². The van der Waals surface area contributed by atoms with Gasteiger partial charge in [0.2, 0.25) is 0 Å². The summed E-state index contributed by atoms with van der Waals surface area (Å²) in [4.78, 5) is 0. The van der Waals surface area contributed by atoms with Gasteiger partial charge in [0, 0.05) is 5.41 Å². The first-order valence-corrected chi connectivity index (χ1v) is 6.71. The highest BCUT2D eigenvalue weighted by atomic mass is 19.4. The molecule has 0 fully saturated rings. The van der Waals surface area contributed by atoms with Gasteiger partial charge in [-0.2, -0.15) is 13.2 Å². The van der Waals surface area contributed by atoms with E-state index in [1.54, 1.807) is 0 Å².